The quantitative estimate of drug-likeness (QED) is 0.832. The second-order valence-electron chi connectivity index (χ2n) is 6.06. The van der Waals surface area contributed by atoms with Gasteiger partial charge in [0, 0.05) is 37.4 Å². The van der Waals surface area contributed by atoms with Gasteiger partial charge in [-0.1, -0.05) is 6.07 Å². The molecule has 2 N–H and O–H groups in total. The molecule has 1 fully saturated rings. The highest BCUT2D eigenvalue weighted by Gasteiger charge is 2.13. The number of carbonyl (C=O) groups is 1. The Labute approximate surface area is 145 Å². The summed E-state index contributed by atoms with van der Waals surface area (Å²) in [6, 6.07) is 11.5. The third-order valence-corrected chi connectivity index (χ3v) is 4.25. The lowest BCUT2D eigenvalue weighted by Crippen LogP contribution is -2.18. The van der Waals surface area contributed by atoms with Crippen molar-refractivity contribution < 1.29 is 13.6 Å². The van der Waals surface area contributed by atoms with Crippen molar-refractivity contribution in [3.63, 3.8) is 0 Å². The number of rotatable bonds is 6. The van der Waals surface area contributed by atoms with E-state index < -0.39 is 23.2 Å². The van der Waals surface area contributed by atoms with E-state index in [2.05, 4.69) is 27.7 Å². The maximum absolute atomic E-state index is 13.5. The van der Waals surface area contributed by atoms with E-state index in [0.29, 0.717) is 6.54 Å². The second kappa shape index (κ2) is 7.96. The Balaban J connectivity index is 1.46. The Morgan fingerprint density at radius 1 is 1.00 bits per heavy atom. The highest BCUT2D eigenvalue weighted by Crippen LogP contribution is 2.22. The van der Waals surface area contributed by atoms with Crippen molar-refractivity contribution in [1.82, 2.24) is 0 Å². The van der Waals surface area contributed by atoms with Crippen LogP contribution in [0.1, 0.15) is 19.3 Å². The Morgan fingerprint density at radius 3 is 2.28 bits per heavy atom. The zero-order chi connectivity index (χ0) is 17.6. The summed E-state index contributed by atoms with van der Waals surface area (Å²) in [4.78, 5) is 14.2. The molecule has 1 saturated heterocycles. The van der Waals surface area contributed by atoms with Gasteiger partial charge in [0.2, 0.25) is 5.91 Å². The lowest BCUT2D eigenvalue weighted by Gasteiger charge is -2.18. The van der Waals surface area contributed by atoms with Crippen LogP contribution in [0.4, 0.5) is 25.8 Å². The Kier molecular flexibility index (Phi) is 5.48. The fraction of sp³-hybridized carbons (Fsp3) is 0.316. The van der Waals surface area contributed by atoms with Gasteiger partial charge in [0.1, 0.15) is 17.3 Å². The molecule has 2 aromatic carbocycles. The van der Waals surface area contributed by atoms with Crippen molar-refractivity contribution in [3.8, 4) is 0 Å². The van der Waals surface area contributed by atoms with Crippen LogP contribution in [0.3, 0.4) is 0 Å². The largest absolute Gasteiger partial charge is 0.385 e. The average molecular weight is 345 g/mol. The average Bonchev–Trinajstić information content (AvgIpc) is 3.13. The molecule has 1 aliphatic heterocycles. The van der Waals surface area contributed by atoms with E-state index in [1.807, 2.05) is 12.1 Å². The summed E-state index contributed by atoms with van der Waals surface area (Å²) < 4.78 is 27.0. The van der Waals surface area contributed by atoms with E-state index in [0.717, 1.165) is 30.9 Å². The predicted octanol–water partition coefficient (Wildman–Crippen LogP) is 4.01. The molecule has 0 radical (unpaired) electrons. The highest BCUT2D eigenvalue weighted by molar-refractivity contribution is 5.91. The predicted molar refractivity (Wildman–Crippen MR) is 96.0 cm³/mol. The zero-order valence-corrected chi connectivity index (χ0v) is 13.9. The molecule has 1 aliphatic rings. The number of nitrogens with one attached hydrogen (secondary N) is 2. The molecule has 0 saturated carbocycles. The molecule has 0 aliphatic carbocycles. The van der Waals surface area contributed by atoms with Gasteiger partial charge in [0.05, 0.1) is 0 Å². The van der Waals surface area contributed by atoms with Crippen LogP contribution in [0.2, 0.25) is 0 Å². The molecule has 6 heteroatoms. The minimum Gasteiger partial charge on any atom is -0.385 e. The first-order valence-electron chi connectivity index (χ1n) is 8.46. The molecule has 2 aromatic rings. The number of halogens is 2. The lowest BCUT2D eigenvalue weighted by atomic mass is 10.2. The smallest absolute Gasteiger partial charge is 0.226 e. The number of hydrogen-bond acceptors (Lipinski definition) is 3. The summed E-state index contributed by atoms with van der Waals surface area (Å²) >= 11 is 0. The second-order valence-corrected chi connectivity index (χ2v) is 6.06. The first-order chi connectivity index (χ1) is 12.1. The van der Waals surface area contributed by atoms with Gasteiger partial charge in [-0.2, -0.15) is 0 Å². The Bertz CT molecular complexity index is 708. The number of carbonyl (C=O) groups excluding carboxylic acids is 1. The summed E-state index contributed by atoms with van der Waals surface area (Å²) in [5, 5.41) is 5.42. The summed E-state index contributed by atoms with van der Waals surface area (Å²) in [5.41, 5.74) is 1.71. The minimum absolute atomic E-state index is 0.113. The van der Waals surface area contributed by atoms with E-state index in [-0.39, 0.29) is 6.42 Å². The summed E-state index contributed by atoms with van der Waals surface area (Å²) in [6.07, 6.45) is 2.58. The van der Waals surface area contributed by atoms with Gasteiger partial charge in [-0.05, 0) is 49.2 Å². The van der Waals surface area contributed by atoms with Crippen LogP contribution < -0.4 is 15.5 Å². The fourth-order valence-corrected chi connectivity index (χ4v) is 2.90. The molecule has 0 bridgehead atoms. The Morgan fingerprint density at radius 2 is 1.64 bits per heavy atom. The molecule has 0 atom stereocenters. The SMILES string of the molecule is O=C(CCNc1ccc(N2CCCC2)cc1)Nc1c(F)cccc1F. The maximum atomic E-state index is 13.5. The van der Waals surface area contributed by atoms with E-state index >= 15 is 0 Å². The van der Waals surface area contributed by atoms with Gasteiger partial charge in [-0.15, -0.1) is 0 Å². The molecule has 132 valence electrons. The minimum atomic E-state index is -0.779. The van der Waals surface area contributed by atoms with Gasteiger partial charge in [-0.25, -0.2) is 8.78 Å². The molecule has 0 aromatic heterocycles. The summed E-state index contributed by atoms with van der Waals surface area (Å²) in [7, 11) is 0. The monoisotopic (exact) mass is 345 g/mol. The molecule has 0 unspecified atom stereocenters. The normalized spacial score (nSPS) is 13.8. The van der Waals surface area contributed by atoms with Crippen LogP contribution in [0.25, 0.3) is 0 Å². The van der Waals surface area contributed by atoms with Crippen LogP contribution in [-0.2, 0) is 4.79 Å². The zero-order valence-electron chi connectivity index (χ0n) is 13.9. The number of nitrogens with zero attached hydrogens (tertiary/aromatic N) is 1. The standard InChI is InChI=1S/C19H21F2N3O/c20-16-4-3-5-17(21)19(16)23-18(25)10-11-22-14-6-8-15(9-7-14)24-12-1-2-13-24/h3-9,22H,1-2,10-13H2,(H,23,25). The summed E-state index contributed by atoms with van der Waals surface area (Å²) in [5.74, 6) is -2.00. The van der Waals surface area contributed by atoms with Crippen molar-refractivity contribution >= 4 is 23.0 Å². The number of para-hydroxylation sites is 1. The van der Waals surface area contributed by atoms with Crippen LogP contribution in [-0.4, -0.2) is 25.5 Å². The van der Waals surface area contributed by atoms with Crippen LogP contribution >= 0.6 is 0 Å². The molecular weight excluding hydrogens is 324 g/mol. The van der Waals surface area contributed by atoms with Crippen molar-refractivity contribution in [3.05, 3.63) is 54.1 Å². The third-order valence-electron chi connectivity index (χ3n) is 4.25. The number of benzene rings is 2. The van der Waals surface area contributed by atoms with Crippen molar-refractivity contribution in [1.29, 1.82) is 0 Å². The number of hydrogen-bond donors (Lipinski definition) is 2. The first-order valence-corrected chi connectivity index (χ1v) is 8.46. The number of amides is 1. The third kappa shape index (κ3) is 4.47. The Hall–Kier alpha value is -2.63. The van der Waals surface area contributed by atoms with E-state index in [9.17, 15) is 13.6 Å². The first kappa shape index (κ1) is 17.2. The fourth-order valence-electron chi connectivity index (χ4n) is 2.90. The molecule has 0 spiro atoms. The molecule has 1 heterocycles. The topological polar surface area (TPSA) is 44.4 Å². The van der Waals surface area contributed by atoms with Gasteiger partial charge in [0.15, 0.2) is 0 Å². The maximum Gasteiger partial charge on any atom is 0.226 e. The van der Waals surface area contributed by atoms with E-state index in [4.69, 9.17) is 0 Å². The number of anilines is 3. The van der Waals surface area contributed by atoms with Gasteiger partial charge in [-0.3, -0.25) is 4.79 Å². The lowest BCUT2D eigenvalue weighted by molar-refractivity contribution is -0.116. The van der Waals surface area contributed by atoms with Crippen LogP contribution in [0.15, 0.2) is 42.5 Å². The van der Waals surface area contributed by atoms with Crippen LogP contribution in [0.5, 0.6) is 0 Å². The molecular formula is C19H21F2N3O. The van der Waals surface area contributed by atoms with Crippen molar-refractivity contribution in [2.75, 3.05) is 35.2 Å². The van der Waals surface area contributed by atoms with Gasteiger partial charge in [0.25, 0.3) is 0 Å². The van der Waals surface area contributed by atoms with E-state index in [1.165, 1.54) is 24.6 Å². The molecule has 25 heavy (non-hydrogen) atoms. The van der Waals surface area contributed by atoms with Gasteiger partial charge >= 0.3 is 0 Å². The molecule has 4 nitrogen and oxygen atoms in total. The van der Waals surface area contributed by atoms with Crippen molar-refractivity contribution in [2.24, 2.45) is 0 Å². The molecule has 3 rings (SSSR count). The van der Waals surface area contributed by atoms with Crippen molar-refractivity contribution in [2.45, 2.75) is 19.3 Å². The summed E-state index contributed by atoms with van der Waals surface area (Å²) in [6.45, 7) is 2.57. The van der Waals surface area contributed by atoms with Crippen LogP contribution in [0, 0.1) is 11.6 Å². The van der Waals surface area contributed by atoms with Gasteiger partial charge < -0.3 is 15.5 Å². The highest BCUT2D eigenvalue weighted by atomic mass is 19.1. The van der Waals surface area contributed by atoms with E-state index in [1.54, 1.807) is 0 Å². The molecule has 1 amide bonds.